The van der Waals surface area contributed by atoms with Crippen molar-refractivity contribution in [1.82, 2.24) is 10.6 Å². The minimum Gasteiger partial charge on any atom is -0.453 e. The molecule has 0 bridgehead atoms. The van der Waals surface area contributed by atoms with E-state index in [1.165, 1.54) is 19.2 Å². The number of amides is 2. The Morgan fingerprint density at radius 1 is 1.27 bits per heavy atom. The molecule has 1 atom stereocenters. The van der Waals surface area contributed by atoms with Gasteiger partial charge in [0.05, 0.1) is 13.2 Å². The Bertz CT molecular complexity index is 513. The molecule has 0 radical (unpaired) electrons. The fraction of sp³-hybridized carbons (Fsp3) is 0.500. The highest BCUT2D eigenvalue weighted by Crippen LogP contribution is 2.35. The molecule has 1 fully saturated rings. The summed E-state index contributed by atoms with van der Waals surface area (Å²) in [7, 11) is 1.24. The van der Waals surface area contributed by atoms with Crippen molar-refractivity contribution in [3.05, 3.63) is 35.6 Å². The van der Waals surface area contributed by atoms with Crippen molar-refractivity contribution < 1.29 is 18.7 Å². The van der Waals surface area contributed by atoms with Crippen LogP contribution in [-0.4, -0.2) is 25.7 Å². The lowest BCUT2D eigenvalue weighted by atomic mass is 9.91. The quantitative estimate of drug-likeness (QED) is 0.878. The summed E-state index contributed by atoms with van der Waals surface area (Å²) >= 11 is 0. The van der Waals surface area contributed by atoms with Gasteiger partial charge in [0.1, 0.15) is 12.4 Å². The number of hydrogen-bond donors (Lipinski definition) is 2. The highest BCUT2D eigenvalue weighted by Gasteiger charge is 2.27. The Morgan fingerprint density at radius 3 is 2.50 bits per heavy atom. The molecule has 6 heteroatoms. The van der Waals surface area contributed by atoms with Gasteiger partial charge in [0, 0.05) is 0 Å². The van der Waals surface area contributed by atoms with Crippen LogP contribution >= 0.6 is 0 Å². The standard InChI is InChI=1S/C16H21FN2O3/c1-22-16(21)18-10-14(20)19-15(11-4-2-3-5-11)12-6-8-13(17)9-7-12/h6-9,11,15H,2-5,10H2,1H3,(H,18,21)(H,19,20)/t15-/m1/s1. The maximum absolute atomic E-state index is 13.1. The van der Waals surface area contributed by atoms with Crippen LogP contribution in [0, 0.1) is 11.7 Å². The molecule has 0 aromatic heterocycles. The number of methoxy groups -OCH3 is 1. The lowest BCUT2D eigenvalue weighted by Crippen LogP contribution is -2.40. The van der Waals surface area contributed by atoms with Gasteiger partial charge in [-0.3, -0.25) is 4.79 Å². The molecule has 0 aliphatic heterocycles. The van der Waals surface area contributed by atoms with Crippen molar-refractivity contribution >= 4 is 12.0 Å². The highest BCUT2D eigenvalue weighted by molar-refractivity contribution is 5.82. The molecule has 1 saturated carbocycles. The van der Waals surface area contributed by atoms with Crippen LogP contribution in [0.5, 0.6) is 0 Å². The monoisotopic (exact) mass is 308 g/mol. The molecule has 2 N–H and O–H groups in total. The average Bonchev–Trinajstić information content (AvgIpc) is 3.05. The van der Waals surface area contributed by atoms with Crippen molar-refractivity contribution in [3.63, 3.8) is 0 Å². The molecule has 5 nitrogen and oxygen atoms in total. The largest absolute Gasteiger partial charge is 0.453 e. The Hall–Kier alpha value is -2.11. The number of carbonyl (C=O) groups excluding carboxylic acids is 2. The lowest BCUT2D eigenvalue weighted by molar-refractivity contribution is -0.121. The number of rotatable bonds is 5. The number of carbonyl (C=O) groups is 2. The number of nitrogens with one attached hydrogen (secondary N) is 2. The van der Waals surface area contributed by atoms with Gasteiger partial charge in [-0.05, 0) is 36.5 Å². The van der Waals surface area contributed by atoms with Gasteiger partial charge >= 0.3 is 6.09 Å². The number of halogens is 1. The van der Waals surface area contributed by atoms with E-state index >= 15 is 0 Å². The van der Waals surface area contributed by atoms with Gasteiger partial charge < -0.3 is 15.4 Å². The zero-order valence-corrected chi connectivity index (χ0v) is 12.6. The third-order valence-electron chi connectivity index (χ3n) is 4.00. The van der Waals surface area contributed by atoms with Gasteiger partial charge in [0.2, 0.25) is 5.91 Å². The predicted molar refractivity (Wildman–Crippen MR) is 79.6 cm³/mol. The number of hydrogen-bond acceptors (Lipinski definition) is 3. The molecular weight excluding hydrogens is 287 g/mol. The van der Waals surface area contributed by atoms with Crippen LogP contribution in [0.4, 0.5) is 9.18 Å². The van der Waals surface area contributed by atoms with Gasteiger partial charge in [0.25, 0.3) is 0 Å². The van der Waals surface area contributed by atoms with E-state index in [0.717, 1.165) is 31.2 Å². The van der Waals surface area contributed by atoms with E-state index in [1.54, 1.807) is 12.1 Å². The normalized spacial score (nSPS) is 16.1. The van der Waals surface area contributed by atoms with Crippen LogP contribution in [0.2, 0.25) is 0 Å². The Labute approximate surface area is 129 Å². The Balaban J connectivity index is 2.03. The van der Waals surface area contributed by atoms with E-state index in [9.17, 15) is 14.0 Å². The summed E-state index contributed by atoms with van der Waals surface area (Å²) in [6.45, 7) is -0.142. The molecule has 1 aromatic carbocycles. The first kappa shape index (κ1) is 16.3. The van der Waals surface area contributed by atoms with Crippen molar-refractivity contribution in [2.75, 3.05) is 13.7 Å². The molecular formula is C16H21FN2O3. The fourth-order valence-corrected chi connectivity index (χ4v) is 2.88. The van der Waals surface area contributed by atoms with Crippen LogP contribution in [0.1, 0.15) is 37.3 Å². The maximum Gasteiger partial charge on any atom is 0.407 e. The zero-order chi connectivity index (χ0) is 15.9. The Kier molecular flexibility index (Phi) is 5.75. The summed E-state index contributed by atoms with van der Waals surface area (Å²) in [6.07, 6.45) is 3.70. The minimum atomic E-state index is -0.644. The fourth-order valence-electron chi connectivity index (χ4n) is 2.88. The van der Waals surface area contributed by atoms with Crippen LogP contribution in [-0.2, 0) is 9.53 Å². The molecule has 1 aliphatic carbocycles. The highest BCUT2D eigenvalue weighted by atomic mass is 19.1. The predicted octanol–water partition coefficient (Wildman–Crippen LogP) is 2.53. The lowest BCUT2D eigenvalue weighted by Gasteiger charge is -2.25. The van der Waals surface area contributed by atoms with Crippen LogP contribution in [0.25, 0.3) is 0 Å². The first-order chi connectivity index (χ1) is 10.6. The van der Waals surface area contributed by atoms with E-state index in [-0.39, 0.29) is 24.3 Å². The molecule has 0 unspecified atom stereocenters. The van der Waals surface area contributed by atoms with E-state index in [1.807, 2.05) is 0 Å². The smallest absolute Gasteiger partial charge is 0.407 e. The molecule has 1 aliphatic rings. The van der Waals surface area contributed by atoms with E-state index in [0.29, 0.717) is 5.92 Å². The molecule has 1 aromatic rings. The topological polar surface area (TPSA) is 67.4 Å². The number of alkyl carbamates (subject to hydrolysis) is 1. The van der Waals surface area contributed by atoms with Gasteiger partial charge in [0.15, 0.2) is 0 Å². The summed E-state index contributed by atoms with van der Waals surface area (Å²) in [5, 5.41) is 5.30. The van der Waals surface area contributed by atoms with Gasteiger partial charge in [-0.1, -0.05) is 25.0 Å². The first-order valence-electron chi connectivity index (χ1n) is 7.47. The summed E-state index contributed by atoms with van der Waals surface area (Å²) < 4.78 is 17.5. The van der Waals surface area contributed by atoms with E-state index in [4.69, 9.17) is 0 Å². The zero-order valence-electron chi connectivity index (χ0n) is 12.6. The SMILES string of the molecule is COC(=O)NCC(=O)N[C@@H](c1ccc(F)cc1)C1CCCC1. The van der Waals surface area contributed by atoms with E-state index in [2.05, 4.69) is 15.4 Å². The van der Waals surface area contributed by atoms with Crippen molar-refractivity contribution in [2.24, 2.45) is 5.92 Å². The summed E-state index contributed by atoms with van der Waals surface area (Å²) in [4.78, 5) is 23.0. The van der Waals surface area contributed by atoms with Gasteiger partial charge in [-0.15, -0.1) is 0 Å². The van der Waals surface area contributed by atoms with Crippen molar-refractivity contribution in [3.8, 4) is 0 Å². The second-order valence-electron chi connectivity index (χ2n) is 5.49. The second-order valence-corrected chi connectivity index (χ2v) is 5.49. The maximum atomic E-state index is 13.1. The van der Waals surface area contributed by atoms with Crippen LogP contribution in [0.15, 0.2) is 24.3 Å². The second kappa shape index (κ2) is 7.77. The molecule has 2 amide bonds. The van der Waals surface area contributed by atoms with Crippen LogP contribution < -0.4 is 10.6 Å². The van der Waals surface area contributed by atoms with Gasteiger partial charge in [-0.25, -0.2) is 9.18 Å². The summed E-state index contributed by atoms with van der Waals surface area (Å²) in [5.74, 6) is -0.244. The molecule has 120 valence electrons. The van der Waals surface area contributed by atoms with Gasteiger partial charge in [-0.2, -0.15) is 0 Å². The summed E-state index contributed by atoms with van der Waals surface area (Å²) in [5.41, 5.74) is 0.889. The Morgan fingerprint density at radius 2 is 1.91 bits per heavy atom. The molecule has 22 heavy (non-hydrogen) atoms. The molecule has 0 heterocycles. The number of benzene rings is 1. The number of ether oxygens (including phenoxy) is 1. The first-order valence-corrected chi connectivity index (χ1v) is 7.47. The molecule has 2 rings (SSSR count). The molecule has 0 spiro atoms. The third kappa shape index (κ3) is 4.44. The van der Waals surface area contributed by atoms with Crippen molar-refractivity contribution in [2.45, 2.75) is 31.7 Å². The van der Waals surface area contributed by atoms with Crippen LogP contribution in [0.3, 0.4) is 0 Å². The van der Waals surface area contributed by atoms with E-state index < -0.39 is 6.09 Å². The summed E-state index contributed by atoms with van der Waals surface area (Å²) in [6, 6.07) is 6.04. The molecule has 0 saturated heterocycles. The minimum absolute atomic E-state index is 0.142. The third-order valence-corrected chi connectivity index (χ3v) is 4.00. The van der Waals surface area contributed by atoms with Crippen molar-refractivity contribution in [1.29, 1.82) is 0 Å². The average molecular weight is 308 g/mol.